The molecule has 1 aromatic carbocycles. The minimum Gasteiger partial charge on any atom is -0.492 e. The van der Waals surface area contributed by atoms with E-state index in [1.54, 1.807) is 0 Å². The molecule has 0 saturated carbocycles. The van der Waals surface area contributed by atoms with Crippen molar-refractivity contribution in [2.75, 3.05) is 26.2 Å². The van der Waals surface area contributed by atoms with Gasteiger partial charge in [-0.3, -0.25) is 4.79 Å². The zero-order chi connectivity index (χ0) is 14.5. The van der Waals surface area contributed by atoms with Crippen LogP contribution in [0.3, 0.4) is 0 Å². The fraction of sp³-hybridized carbons (Fsp3) is 0.471. The van der Waals surface area contributed by atoms with E-state index in [0.717, 1.165) is 50.2 Å². The second-order valence-corrected chi connectivity index (χ2v) is 5.68. The molecule has 2 aliphatic heterocycles. The van der Waals surface area contributed by atoms with Crippen LogP contribution in [0.2, 0.25) is 0 Å². The number of para-hydroxylation sites is 1. The molecule has 0 fully saturated rings. The number of amides is 1. The van der Waals surface area contributed by atoms with Crippen LogP contribution in [0.1, 0.15) is 18.4 Å². The van der Waals surface area contributed by atoms with Crippen LogP contribution >= 0.6 is 0 Å². The first kappa shape index (κ1) is 14.1. The summed E-state index contributed by atoms with van der Waals surface area (Å²) in [5.74, 6) is 0.961. The number of hydrogen-bond acceptors (Lipinski definition) is 3. The van der Waals surface area contributed by atoms with E-state index < -0.39 is 0 Å². The second-order valence-electron chi connectivity index (χ2n) is 5.68. The summed E-state index contributed by atoms with van der Waals surface area (Å²) in [5.41, 5.74) is 2.57. The largest absolute Gasteiger partial charge is 0.492 e. The lowest BCUT2D eigenvalue weighted by atomic mass is 9.96. The molecule has 1 unspecified atom stereocenters. The Bertz CT molecular complexity index is 539. The number of ether oxygens (including phenoxy) is 1. The maximum absolute atomic E-state index is 12.2. The van der Waals surface area contributed by atoms with Gasteiger partial charge >= 0.3 is 0 Å². The lowest BCUT2D eigenvalue weighted by Gasteiger charge is -2.24. The zero-order valence-corrected chi connectivity index (χ0v) is 12.2. The minimum absolute atomic E-state index is 0.0677. The first-order valence-electron chi connectivity index (χ1n) is 7.70. The lowest BCUT2D eigenvalue weighted by Crippen LogP contribution is -2.38. The van der Waals surface area contributed by atoms with Gasteiger partial charge in [0.25, 0.3) is 0 Å². The molecule has 3 rings (SSSR count). The highest BCUT2D eigenvalue weighted by atomic mass is 16.5. The van der Waals surface area contributed by atoms with Crippen molar-refractivity contribution in [3.8, 4) is 5.75 Å². The number of benzene rings is 1. The third-order valence-corrected chi connectivity index (χ3v) is 4.15. The highest BCUT2D eigenvalue weighted by molar-refractivity contribution is 5.79. The maximum atomic E-state index is 12.2. The Hall–Kier alpha value is -1.81. The van der Waals surface area contributed by atoms with Crippen molar-refractivity contribution in [3.63, 3.8) is 0 Å². The first-order valence-corrected chi connectivity index (χ1v) is 7.70. The van der Waals surface area contributed by atoms with Crippen molar-refractivity contribution in [1.29, 1.82) is 0 Å². The van der Waals surface area contributed by atoms with Crippen molar-refractivity contribution < 1.29 is 9.53 Å². The highest BCUT2D eigenvalue weighted by Crippen LogP contribution is 2.26. The van der Waals surface area contributed by atoms with E-state index in [1.807, 2.05) is 24.3 Å². The van der Waals surface area contributed by atoms with Gasteiger partial charge in [-0.2, -0.15) is 0 Å². The summed E-state index contributed by atoms with van der Waals surface area (Å²) in [7, 11) is 0. The third kappa shape index (κ3) is 3.64. The molecule has 2 aliphatic rings. The van der Waals surface area contributed by atoms with Gasteiger partial charge in [-0.25, -0.2) is 0 Å². The van der Waals surface area contributed by atoms with Gasteiger partial charge in [-0.1, -0.05) is 29.8 Å². The molecular weight excluding hydrogens is 264 g/mol. The number of rotatable bonds is 4. The summed E-state index contributed by atoms with van der Waals surface area (Å²) >= 11 is 0. The second kappa shape index (κ2) is 6.76. The predicted molar refractivity (Wildman–Crippen MR) is 82.3 cm³/mol. The first-order chi connectivity index (χ1) is 10.3. The van der Waals surface area contributed by atoms with Crippen molar-refractivity contribution in [2.24, 2.45) is 5.92 Å². The van der Waals surface area contributed by atoms with Crippen LogP contribution in [-0.4, -0.2) is 32.1 Å². The number of nitrogens with one attached hydrogen (secondary N) is 2. The summed E-state index contributed by atoms with van der Waals surface area (Å²) < 4.78 is 5.67. The summed E-state index contributed by atoms with van der Waals surface area (Å²) in [6.45, 7) is 3.21. The van der Waals surface area contributed by atoms with Crippen LogP contribution in [0.4, 0.5) is 0 Å². The molecule has 1 atom stereocenters. The van der Waals surface area contributed by atoms with E-state index in [4.69, 9.17) is 4.74 Å². The SMILES string of the molecule is O=C(NCCC1=CCNCC1)C1COc2ccccc2C1. The molecule has 0 saturated heterocycles. The summed E-state index contributed by atoms with van der Waals surface area (Å²) in [4.78, 5) is 12.2. The molecule has 1 aromatic rings. The molecule has 0 spiro atoms. The van der Waals surface area contributed by atoms with Gasteiger partial charge in [0.1, 0.15) is 12.4 Å². The Morgan fingerprint density at radius 3 is 3.14 bits per heavy atom. The number of carbonyl (C=O) groups excluding carboxylic acids is 1. The normalized spacial score (nSPS) is 21.0. The van der Waals surface area contributed by atoms with Gasteiger partial charge in [0.2, 0.25) is 5.91 Å². The summed E-state index contributed by atoms with van der Waals surface area (Å²) in [5, 5.41) is 6.35. The van der Waals surface area contributed by atoms with Crippen molar-refractivity contribution >= 4 is 5.91 Å². The van der Waals surface area contributed by atoms with E-state index in [0.29, 0.717) is 6.61 Å². The molecule has 21 heavy (non-hydrogen) atoms. The lowest BCUT2D eigenvalue weighted by molar-refractivity contribution is -0.126. The molecule has 112 valence electrons. The van der Waals surface area contributed by atoms with Gasteiger partial charge < -0.3 is 15.4 Å². The Labute approximate surface area is 125 Å². The molecule has 4 nitrogen and oxygen atoms in total. The van der Waals surface area contributed by atoms with Crippen molar-refractivity contribution in [3.05, 3.63) is 41.5 Å². The Balaban J connectivity index is 1.47. The van der Waals surface area contributed by atoms with Crippen LogP contribution in [0.5, 0.6) is 5.75 Å². The summed E-state index contributed by atoms with van der Waals surface area (Å²) in [6, 6.07) is 7.96. The minimum atomic E-state index is -0.0677. The van der Waals surface area contributed by atoms with Gasteiger partial charge in [0, 0.05) is 13.1 Å². The molecule has 0 radical (unpaired) electrons. The topological polar surface area (TPSA) is 50.4 Å². The molecule has 4 heteroatoms. The standard InChI is InChI=1S/C17H22N2O2/c20-17(19-10-7-13-5-8-18-9-6-13)15-11-14-3-1-2-4-16(14)21-12-15/h1-5,15,18H,6-12H2,(H,19,20). The Morgan fingerprint density at radius 1 is 1.38 bits per heavy atom. The molecule has 2 heterocycles. The monoisotopic (exact) mass is 286 g/mol. The van der Waals surface area contributed by atoms with Crippen LogP contribution in [0, 0.1) is 5.92 Å². The van der Waals surface area contributed by atoms with Gasteiger partial charge in [0.05, 0.1) is 5.92 Å². The quantitative estimate of drug-likeness (QED) is 0.828. The summed E-state index contributed by atoms with van der Waals surface area (Å²) in [6.07, 6.45) is 5.05. The highest BCUT2D eigenvalue weighted by Gasteiger charge is 2.25. The number of carbonyl (C=O) groups is 1. The van der Waals surface area contributed by atoms with Crippen LogP contribution in [0.15, 0.2) is 35.9 Å². The number of hydrogen-bond donors (Lipinski definition) is 2. The number of fused-ring (bicyclic) bond motifs is 1. The average Bonchev–Trinajstić information content (AvgIpc) is 2.55. The fourth-order valence-corrected chi connectivity index (χ4v) is 2.88. The molecule has 0 aromatic heterocycles. The van der Waals surface area contributed by atoms with E-state index in [-0.39, 0.29) is 11.8 Å². The fourth-order valence-electron chi connectivity index (χ4n) is 2.88. The van der Waals surface area contributed by atoms with E-state index in [2.05, 4.69) is 16.7 Å². The van der Waals surface area contributed by atoms with E-state index in [9.17, 15) is 4.79 Å². The van der Waals surface area contributed by atoms with Crippen molar-refractivity contribution in [2.45, 2.75) is 19.3 Å². The molecule has 0 aliphatic carbocycles. The smallest absolute Gasteiger partial charge is 0.226 e. The van der Waals surface area contributed by atoms with E-state index in [1.165, 1.54) is 5.57 Å². The third-order valence-electron chi connectivity index (χ3n) is 4.15. The van der Waals surface area contributed by atoms with Gasteiger partial charge in [0.15, 0.2) is 0 Å². The van der Waals surface area contributed by atoms with Gasteiger partial charge in [-0.05, 0) is 37.4 Å². The Kier molecular flexibility index (Phi) is 4.55. The molecule has 0 bridgehead atoms. The zero-order valence-electron chi connectivity index (χ0n) is 12.2. The van der Waals surface area contributed by atoms with Crippen molar-refractivity contribution in [1.82, 2.24) is 10.6 Å². The molecular formula is C17H22N2O2. The Morgan fingerprint density at radius 2 is 2.29 bits per heavy atom. The average molecular weight is 286 g/mol. The maximum Gasteiger partial charge on any atom is 0.226 e. The molecule has 2 N–H and O–H groups in total. The van der Waals surface area contributed by atoms with Crippen LogP contribution in [-0.2, 0) is 11.2 Å². The van der Waals surface area contributed by atoms with E-state index >= 15 is 0 Å². The van der Waals surface area contributed by atoms with Crippen LogP contribution < -0.4 is 15.4 Å². The molecule has 1 amide bonds. The van der Waals surface area contributed by atoms with Crippen LogP contribution in [0.25, 0.3) is 0 Å². The predicted octanol–water partition coefficient (Wildman–Crippen LogP) is 1.66. The van der Waals surface area contributed by atoms with Gasteiger partial charge in [-0.15, -0.1) is 0 Å².